The molecule has 3 aliphatic rings. The molecule has 2 amide bonds. The van der Waals surface area contributed by atoms with Crippen LogP contribution in [0.2, 0.25) is 0 Å². The van der Waals surface area contributed by atoms with E-state index in [0.717, 1.165) is 35.4 Å². The van der Waals surface area contributed by atoms with Crippen LogP contribution in [-0.4, -0.2) is 49.9 Å². The summed E-state index contributed by atoms with van der Waals surface area (Å²) >= 11 is 0. The molecule has 1 saturated heterocycles. The maximum absolute atomic E-state index is 13.0. The molecule has 0 spiro atoms. The molecule has 29 heavy (non-hydrogen) atoms. The van der Waals surface area contributed by atoms with Gasteiger partial charge in [0.25, 0.3) is 0 Å². The molecule has 2 heterocycles. The molecule has 1 aromatic rings. The molecule has 1 atom stereocenters. The number of allylic oxidation sites excluding steroid dienone is 1. The fraction of sp³-hybridized carbons (Fsp3) is 0.500. The van der Waals surface area contributed by atoms with E-state index in [1.54, 1.807) is 11.8 Å². The molecule has 2 fully saturated rings. The Bertz CT molecular complexity index is 858. The van der Waals surface area contributed by atoms with Crippen molar-refractivity contribution in [3.05, 3.63) is 30.0 Å². The summed E-state index contributed by atoms with van der Waals surface area (Å²) in [7, 11) is 0. The summed E-state index contributed by atoms with van der Waals surface area (Å²) in [5, 5.41) is 11.1. The van der Waals surface area contributed by atoms with Gasteiger partial charge in [0.15, 0.2) is 0 Å². The second-order valence-electron chi connectivity index (χ2n) is 8.24. The number of hydrogen-bond acceptors (Lipinski definition) is 5. The first-order chi connectivity index (χ1) is 14.0. The van der Waals surface area contributed by atoms with Gasteiger partial charge in [0.1, 0.15) is 0 Å². The first kappa shape index (κ1) is 19.6. The Morgan fingerprint density at radius 3 is 2.62 bits per heavy atom. The van der Waals surface area contributed by atoms with E-state index in [9.17, 15) is 9.59 Å². The summed E-state index contributed by atoms with van der Waals surface area (Å²) < 4.78 is 5.17. The van der Waals surface area contributed by atoms with Gasteiger partial charge in [0.05, 0.1) is 36.7 Å². The topological polar surface area (TPSA) is 85.7 Å². The zero-order valence-corrected chi connectivity index (χ0v) is 17.0. The van der Waals surface area contributed by atoms with E-state index in [2.05, 4.69) is 5.32 Å². The molecule has 0 bridgehead atoms. The van der Waals surface area contributed by atoms with Gasteiger partial charge in [-0.3, -0.25) is 9.59 Å². The monoisotopic (exact) mass is 396 g/mol. The Kier molecular flexibility index (Phi) is 5.41. The number of rotatable bonds is 6. The molecule has 1 aliphatic carbocycles. The summed E-state index contributed by atoms with van der Waals surface area (Å²) in [6.45, 7) is 5.36. The number of benzene rings is 1. The van der Waals surface area contributed by atoms with Crippen molar-refractivity contribution >= 4 is 35.0 Å². The number of nitrogens with one attached hydrogen (secondary N) is 2. The number of fused-ring (bicyclic) bond motifs is 1. The van der Waals surface area contributed by atoms with Gasteiger partial charge in [-0.15, -0.1) is 0 Å². The number of amides is 2. The highest BCUT2D eigenvalue weighted by Crippen LogP contribution is 2.40. The van der Waals surface area contributed by atoms with Crippen LogP contribution in [0, 0.1) is 11.3 Å². The van der Waals surface area contributed by atoms with E-state index < -0.39 is 0 Å². The third kappa shape index (κ3) is 4.05. The minimum atomic E-state index is -0.0768. The van der Waals surface area contributed by atoms with Crippen molar-refractivity contribution in [2.75, 3.05) is 29.6 Å². The Labute approximate surface area is 171 Å². The van der Waals surface area contributed by atoms with Gasteiger partial charge in [-0.2, -0.15) is 0 Å². The van der Waals surface area contributed by atoms with Crippen LogP contribution in [0.4, 0.5) is 11.4 Å². The molecule has 2 N–H and O–H groups in total. The highest BCUT2D eigenvalue weighted by Gasteiger charge is 2.35. The molecular formula is C22H28N4O3. The summed E-state index contributed by atoms with van der Waals surface area (Å²) in [6.07, 6.45) is 5.94. The third-order valence-corrected chi connectivity index (χ3v) is 5.82. The van der Waals surface area contributed by atoms with Crippen molar-refractivity contribution in [2.45, 2.75) is 45.2 Å². The first-order valence-electron chi connectivity index (χ1n) is 10.3. The number of nitrogens with zero attached hydrogens (tertiary/aromatic N) is 2. The van der Waals surface area contributed by atoms with E-state index in [1.807, 2.05) is 36.2 Å². The average molecular weight is 396 g/mol. The Morgan fingerprint density at radius 2 is 2.03 bits per heavy atom. The summed E-state index contributed by atoms with van der Waals surface area (Å²) in [6, 6.07) is 5.92. The normalized spacial score (nSPS) is 22.0. The molecule has 2 aliphatic heterocycles. The van der Waals surface area contributed by atoms with E-state index in [1.165, 1.54) is 6.21 Å². The average Bonchev–Trinajstić information content (AvgIpc) is 3.46. The zero-order chi connectivity index (χ0) is 20.5. The summed E-state index contributed by atoms with van der Waals surface area (Å²) in [4.78, 5) is 28.9. The molecule has 1 aromatic carbocycles. The predicted molar refractivity (Wildman–Crippen MR) is 113 cm³/mol. The van der Waals surface area contributed by atoms with Crippen molar-refractivity contribution in [1.82, 2.24) is 5.32 Å². The Morgan fingerprint density at radius 1 is 1.28 bits per heavy atom. The maximum Gasteiger partial charge on any atom is 0.227 e. The second kappa shape index (κ2) is 7.99. The van der Waals surface area contributed by atoms with E-state index in [0.29, 0.717) is 32.1 Å². The van der Waals surface area contributed by atoms with Crippen LogP contribution in [0.1, 0.15) is 38.7 Å². The minimum absolute atomic E-state index is 0.0322. The number of anilines is 2. The van der Waals surface area contributed by atoms with Gasteiger partial charge in [0.2, 0.25) is 11.8 Å². The minimum Gasteiger partial charge on any atom is -0.383 e. The van der Waals surface area contributed by atoms with Crippen LogP contribution >= 0.6 is 0 Å². The molecule has 1 saturated carbocycles. The quantitative estimate of drug-likeness (QED) is 0.724. The van der Waals surface area contributed by atoms with Gasteiger partial charge in [0, 0.05) is 37.9 Å². The summed E-state index contributed by atoms with van der Waals surface area (Å²) in [5.41, 5.74) is 3.08. The lowest BCUT2D eigenvalue weighted by Crippen LogP contribution is -2.51. The highest BCUT2D eigenvalue weighted by molar-refractivity contribution is 6.10. The molecular weight excluding hydrogens is 368 g/mol. The van der Waals surface area contributed by atoms with Crippen LogP contribution in [0.15, 0.2) is 24.4 Å². The summed E-state index contributed by atoms with van der Waals surface area (Å²) in [5.74, 6) is 0.586. The molecule has 154 valence electrons. The highest BCUT2D eigenvalue weighted by atomic mass is 16.5. The number of carbonyl (C=O) groups excluding carboxylic acids is 2. The zero-order valence-electron chi connectivity index (χ0n) is 17.0. The number of ether oxygens (including phenoxy) is 1. The number of hydrogen-bond donors (Lipinski definition) is 2. The Hall–Kier alpha value is -2.67. The van der Waals surface area contributed by atoms with E-state index in [4.69, 9.17) is 10.1 Å². The maximum atomic E-state index is 13.0. The van der Waals surface area contributed by atoms with Crippen molar-refractivity contribution in [3.63, 3.8) is 0 Å². The second-order valence-corrected chi connectivity index (χ2v) is 8.24. The lowest BCUT2D eigenvalue weighted by atomic mass is 10.0. The smallest absolute Gasteiger partial charge is 0.227 e. The lowest BCUT2D eigenvalue weighted by molar-refractivity contribution is -0.120. The van der Waals surface area contributed by atoms with Gasteiger partial charge in [-0.25, -0.2) is 0 Å². The van der Waals surface area contributed by atoms with Crippen molar-refractivity contribution < 1.29 is 14.3 Å². The molecule has 4 rings (SSSR count). The molecule has 0 aromatic heterocycles. The molecule has 7 heteroatoms. The lowest BCUT2D eigenvalue weighted by Gasteiger charge is -2.41. The van der Waals surface area contributed by atoms with Gasteiger partial charge in [-0.1, -0.05) is 6.07 Å². The van der Waals surface area contributed by atoms with Crippen LogP contribution in [0.25, 0.3) is 5.57 Å². The van der Waals surface area contributed by atoms with Gasteiger partial charge >= 0.3 is 0 Å². The van der Waals surface area contributed by atoms with Crippen LogP contribution in [0.5, 0.6) is 0 Å². The van der Waals surface area contributed by atoms with Gasteiger partial charge in [-0.05, 0) is 43.4 Å². The first-order valence-corrected chi connectivity index (χ1v) is 10.3. The van der Waals surface area contributed by atoms with Crippen molar-refractivity contribution in [2.24, 2.45) is 5.92 Å². The van der Waals surface area contributed by atoms with Crippen LogP contribution in [0.3, 0.4) is 0 Å². The van der Waals surface area contributed by atoms with E-state index >= 15 is 0 Å². The van der Waals surface area contributed by atoms with Gasteiger partial charge < -0.3 is 25.3 Å². The number of carbonyl (C=O) groups is 2. The largest absolute Gasteiger partial charge is 0.383 e. The Balaban J connectivity index is 1.68. The molecule has 1 unspecified atom stereocenters. The molecule has 7 nitrogen and oxygen atoms in total. The molecule has 0 radical (unpaired) electrons. The van der Waals surface area contributed by atoms with Crippen molar-refractivity contribution in [3.8, 4) is 0 Å². The fourth-order valence-corrected chi connectivity index (χ4v) is 3.95. The predicted octanol–water partition coefficient (Wildman–Crippen LogP) is 2.55. The van der Waals surface area contributed by atoms with Crippen molar-refractivity contribution in [1.29, 1.82) is 5.41 Å². The van der Waals surface area contributed by atoms with E-state index in [-0.39, 0.29) is 23.9 Å². The third-order valence-electron chi connectivity index (χ3n) is 5.82. The fourth-order valence-electron chi connectivity index (χ4n) is 3.95. The SMILES string of the molecule is CC(=O)N1c2ccc(/C(C=N)=C/NC3COC3)cc2N(C(=O)CC2CC2)CC1C. The standard InChI is InChI=1S/C22H28N4O3/c1-14-11-25(22(28)7-16-3-4-16)21-8-17(5-6-20(21)26(14)15(2)27)18(9-23)10-24-19-12-29-13-19/h5-6,8-10,14,16,19,23-24H,3-4,7,11-13H2,1-2H3/b18-10+,23-9?. The van der Waals surface area contributed by atoms with Crippen LogP contribution < -0.4 is 15.1 Å². The van der Waals surface area contributed by atoms with Crippen LogP contribution in [-0.2, 0) is 14.3 Å².